The van der Waals surface area contributed by atoms with Crippen LogP contribution in [-0.4, -0.2) is 39.3 Å². The zero-order valence-electron chi connectivity index (χ0n) is 12.6. The molecule has 1 aliphatic rings. The number of piperidine rings is 1. The number of rotatable bonds is 4. The molecule has 0 radical (unpaired) electrons. The zero-order chi connectivity index (χ0) is 16.5. The molecule has 2 heterocycles. The van der Waals surface area contributed by atoms with Gasteiger partial charge in [-0.2, -0.15) is 18.3 Å². The van der Waals surface area contributed by atoms with Crippen molar-refractivity contribution in [1.82, 2.24) is 15.1 Å². The third-order valence-corrected chi connectivity index (χ3v) is 4.47. The molecule has 0 spiro atoms. The van der Waals surface area contributed by atoms with Gasteiger partial charge < -0.3 is 5.11 Å². The number of hydrogen-bond donors (Lipinski definition) is 2. The van der Waals surface area contributed by atoms with E-state index in [1.54, 1.807) is 13.8 Å². The average molecular weight is 319 g/mol. The average Bonchev–Trinajstić information content (AvgIpc) is 2.87. The summed E-state index contributed by atoms with van der Waals surface area (Å²) in [5.74, 6) is -0.733. The van der Waals surface area contributed by atoms with Crippen molar-refractivity contribution >= 4 is 5.97 Å². The van der Waals surface area contributed by atoms with Crippen LogP contribution in [-0.2, 0) is 17.5 Å². The van der Waals surface area contributed by atoms with E-state index in [1.807, 2.05) is 4.90 Å². The van der Waals surface area contributed by atoms with Crippen LogP contribution in [0.5, 0.6) is 0 Å². The Balaban J connectivity index is 1.90. The number of alkyl halides is 3. The minimum atomic E-state index is -4.44. The number of carboxylic acid groups (broad SMARTS) is 1. The van der Waals surface area contributed by atoms with Crippen molar-refractivity contribution in [2.24, 2.45) is 11.3 Å². The molecule has 1 aromatic heterocycles. The van der Waals surface area contributed by atoms with Crippen molar-refractivity contribution in [2.75, 3.05) is 13.1 Å². The molecule has 0 saturated carbocycles. The van der Waals surface area contributed by atoms with Crippen LogP contribution in [0.25, 0.3) is 0 Å². The first-order valence-corrected chi connectivity index (χ1v) is 7.18. The first-order chi connectivity index (χ1) is 10.1. The van der Waals surface area contributed by atoms with Crippen LogP contribution in [0.2, 0.25) is 0 Å². The number of halogens is 3. The number of likely N-dealkylation sites (tertiary alicyclic amines) is 1. The number of aromatic nitrogens is 2. The Labute approximate surface area is 126 Å². The minimum Gasteiger partial charge on any atom is -0.481 e. The van der Waals surface area contributed by atoms with E-state index in [4.69, 9.17) is 0 Å². The van der Waals surface area contributed by atoms with Gasteiger partial charge in [0.1, 0.15) is 0 Å². The second-order valence-electron chi connectivity index (χ2n) is 6.35. The fourth-order valence-electron chi connectivity index (χ4n) is 2.82. The smallest absolute Gasteiger partial charge is 0.435 e. The van der Waals surface area contributed by atoms with Crippen LogP contribution in [0.15, 0.2) is 6.07 Å². The van der Waals surface area contributed by atoms with Crippen LogP contribution >= 0.6 is 0 Å². The lowest BCUT2D eigenvalue weighted by atomic mass is 9.74. The van der Waals surface area contributed by atoms with E-state index in [0.717, 1.165) is 18.9 Å². The molecule has 0 aliphatic carbocycles. The highest BCUT2D eigenvalue weighted by atomic mass is 19.4. The van der Waals surface area contributed by atoms with Gasteiger partial charge >= 0.3 is 12.1 Å². The summed E-state index contributed by atoms with van der Waals surface area (Å²) >= 11 is 0. The molecule has 5 nitrogen and oxygen atoms in total. The van der Waals surface area contributed by atoms with E-state index in [0.29, 0.717) is 25.3 Å². The maximum atomic E-state index is 12.5. The van der Waals surface area contributed by atoms with E-state index in [1.165, 1.54) is 0 Å². The summed E-state index contributed by atoms with van der Waals surface area (Å²) in [6, 6.07) is 1.02. The first kappa shape index (κ1) is 16.8. The van der Waals surface area contributed by atoms with Gasteiger partial charge in [-0.1, -0.05) is 0 Å². The molecule has 1 aromatic rings. The monoisotopic (exact) mass is 319 g/mol. The number of nitrogens with zero attached hydrogens (tertiary/aromatic N) is 2. The Hall–Kier alpha value is -1.57. The number of aromatic amines is 1. The molecule has 0 aromatic carbocycles. The number of carbonyl (C=O) groups is 1. The van der Waals surface area contributed by atoms with Gasteiger partial charge in [-0.05, 0) is 51.8 Å². The van der Waals surface area contributed by atoms with Gasteiger partial charge in [-0.25, -0.2) is 0 Å². The fourth-order valence-corrected chi connectivity index (χ4v) is 2.82. The molecular formula is C14H20F3N3O2. The van der Waals surface area contributed by atoms with Gasteiger partial charge in [0.2, 0.25) is 0 Å². The predicted molar refractivity (Wildman–Crippen MR) is 73.0 cm³/mol. The van der Waals surface area contributed by atoms with E-state index >= 15 is 0 Å². The Morgan fingerprint density at radius 1 is 1.41 bits per heavy atom. The molecule has 124 valence electrons. The first-order valence-electron chi connectivity index (χ1n) is 7.18. The quantitative estimate of drug-likeness (QED) is 0.895. The Morgan fingerprint density at radius 3 is 2.45 bits per heavy atom. The Kier molecular flexibility index (Phi) is 4.51. The number of hydrogen-bond acceptors (Lipinski definition) is 3. The van der Waals surface area contributed by atoms with E-state index < -0.39 is 23.3 Å². The summed E-state index contributed by atoms with van der Waals surface area (Å²) in [5.41, 5.74) is -1.27. The number of aliphatic carboxylic acids is 1. The van der Waals surface area contributed by atoms with E-state index in [2.05, 4.69) is 10.2 Å². The summed E-state index contributed by atoms with van der Waals surface area (Å²) in [6.07, 6.45) is -2.99. The lowest BCUT2D eigenvalue weighted by Gasteiger charge is -2.38. The van der Waals surface area contributed by atoms with E-state index in [-0.39, 0.29) is 5.92 Å². The lowest BCUT2D eigenvalue weighted by molar-refractivity contribution is -0.151. The van der Waals surface area contributed by atoms with Gasteiger partial charge in [-0.3, -0.25) is 14.8 Å². The highest BCUT2D eigenvalue weighted by Crippen LogP contribution is 2.35. The maximum Gasteiger partial charge on any atom is 0.435 e. The van der Waals surface area contributed by atoms with Crippen LogP contribution in [0.4, 0.5) is 13.2 Å². The largest absolute Gasteiger partial charge is 0.481 e. The Morgan fingerprint density at radius 2 is 2.00 bits per heavy atom. The topological polar surface area (TPSA) is 69.2 Å². The summed E-state index contributed by atoms with van der Waals surface area (Å²) in [7, 11) is 0. The van der Waals surface area contributed by atoms with Crippen molar-refractivity contribution in [3.05, 3.63) is 17.5 Å². The summed E-state index contributed by atoms with van der Waals surface area (Å²) in [6.45, 7) is 5.15. The zero-order valence-corrected chi connectivity index (χ0v) is 12.6. The third kappa shape index (κ3) is 3.60. The summed E-state index contributed by atoms with van der Waals surface area (Å²) < 4.78 is 37.5. The number of nitrogens with one attached hydrogen (secondary N) is 1. The third-order valence-electron chi connectivity index (χ3n) is 4.47. The van der Waals surface area contributed by atoms with Crippen molar-refractivity contribution in [3.63, 3.8) is 0 Å². The molecular weight excluding hydrogens is 299 g/mol. The molecule has 22 heavy (non-hydrogen) atoms. The van der Waals surface area contributed by atoms with Crippen molar-refractivity contribution in [3.8, 4) is 0 Å². The Bertz CT molecular complexity index is 532. The molecule has 0 unspecified atom stereocenters. The molecule has 0 bridgehead atoms. The van der Waals surface area contributed by atoms with Crippen molar-refractivity contribution < 1.29 is 23.1 Å². The predicted octanol–water partition coefficient (Wildman–Crippen LogP) is 2.75. The van der Waals surface area contributed by atoms with Crippen molar-refractivity contribution in [2.45, 2.75) is 39.4 Å². The molecule has 8 heteroatoms. The standard InChI is InChI=1S/C14H20F3N3O2/c1-13(2,12(21)22)9-3-5-20(6-4-9)8-10-7-11(19-18-10)14(15,16)17/h7,9H,3-6,8H2,1-2H3,(H,18,19)(H,21,22). The highest BCUT2D eigenvalue weighted by Gasteiger charge is 2.38. The lowest BCUT2D eigenvalue weighted by Crippen LogP contribution is -2.41. The second-order valence-corrected chi connectivity index (χ2v) is 6.35. The molecule has 2 N–H and O–H groups in total. The molecule has 0 atom stereocenters. The molecule has 1 saturated heterocycles. The minimum absolute atomic E-state index is 0.0775. The van der Waals surface area contributed by atoms with Gasteiger partial charge in [0.25, 0.3) is 0 Å². The van der Waals surface area contributed by atoms with Crippen LogP contribution < -0.4 is 0 Å². The second kappa shape index (κ2) is 5.91. The van der Waals surface area contributed by atoms with Crippen LogP contribution in [0.3, 0.4) is 0 Å². The van der Waals surface area contributed by atoms with Gasteiger partial charge in [0.15, 0.2) is 5.69 Å². The number of H-pyrrole nitrogens is 1. The normalized spacial score (nSPS) is 18.6. The van der Waals surface area contributed by atoms with Crippen LogP contribution in [0, 0.1) is 11.3 Å². The van der Waals surface area contributed by atoms with E-state index in [9.17, 15) is 23.1 Å². The summed E-state index contributed by atoms with van der Waals surface area (Å²) in [4.78, 5) is 13.3. The van der Waals surface area contributed by atoms with Gasteiger partial charge in [0, 0.05) is 12.2 Å². The molecule has 1 fully saturated rings. The van der Waals surface area contributed by atoms with Gasteiger partial charge in [-0.15, -0.1) is 0 Å². The van der Waals surface area contributed by atoms with Gasteiger partial charge in [0.05, 0.1) is 5.41 Å². The molecule has 0 amide bonds. The maximum absolute atomic E-state index is 12.5. The number of carboxylic acids is 1. The molecule has 2 rings (SSSR count). The SMILES string of the molecule is CC(C)(C(=O)O)C1CCN(Cc2cc(C(F)(F)F)n[nH]2)CC1. The van der Waals surface area contributed by atoms with Crippen molar-refractivity contribution in [1.29, 1.82) is 0 Å². The molecule has 1 aliphatic heterocycles. The fraction of sp³-hybridized carbons (Fsp3) is 0.714. The van der Waals surface area contributed by atoms with Crippen LogP contribution in [0.1, 0.15) is 38.1 Å². The summed E-state index contributed by atoms with van der Waals surface area (Å²) in [5, 5.41) is 14.9. The highest BCUT2D eigenvalue weighted by molar-refractivity contribution is 5.74.